The molecule has 1 aromatic carbocycles. The SMILES string of the molecule is CC(Cc1ccc(F)cc1)NC1CCC(NC(=O)OC(C)(C)C)C1. The Bertz CT molecular complexity index is 539. The minimum atomic E-state index is -0.468. The molecule has 0 heterocycles. The summed E-state index contributed by atoms with van der Waals surface area (Å²) in [6.07, 6.45) is 3.43. The highest BCUT2D eigenvalue weighted by molar-refractivity contribution is 5.68. The minimum Gasteiger partial charge on any atom is -0.444 e. The third-order valence-corrected chi connectivity index (χ3v) is 4.13. The van der Waals surface area contributed by atoms with Crippen LogP contribution in [0.1, 0.15) is 52.5 Å². The van der Waals surface area contributed by atoms with E-state index in [1.165, 1.54) is 12.1 Å². The second-order valence-electron chi connectivity index (χ2n) is 7.75. The van der Waals surface area contributed by atoms with Gasteiger partial charge in [-0.1, -0.05) is 12.1 Å². The van der Waals surface area contributed by atoms with Gasteiger partial charge in [-0.05, 0) is 71.1 Å². The Hall–Kier alpha value is -1.62. The van der Waals surface area contributed by atoms with Crippen LogP contribution in [0.15, 0.2) is 24.3 Å². The van der Waals surface area contributed by atoms with E-state index in [-0.39, 0.29) is 18.0 Å². The van der Waals surface area contributed by atoms with E-state index in [1.807, 2.05) is 32.9 Å². The monoisotopic (exact) mass is 336 g/mol. The van der Waals surface area contributed by atoms with Gasteiger partial charge in [-0.25, -0.2) is 9.18 Å². The molecule has 0 aromatic heterocycles. The van der Waals surface area contributed by atoms with Crippen molar-refractivity contribution in [2.24, 2.45) is 0 Å². The lowest BCUT2D eigenvalue weighted by atomic mass is 10.1. The van der Waals surface area contributed by atoms with E-state index in [9.17, 15) is 9.18 Å². The summed E-state index contributed by atoms with van der Waals surface area (Å²) in [6.45, 7) is 7.73. The maximum absolute atomic E-state index is 12.9. The molecule has 1 fully saturated rings. The molecule has 0 spiro atoms. The third-order valence-electron chi connectivity index (χ3n) is 4.13. The van der Waals surface area contributed by atoms with Gasteiger partial charge in [0.25, 0.3) is 0 Å². The van der Waals surface area contributed by atoms with Crippen molar-refractivity contribution in [1.29, 1.82) is 0 Å². The average Bonchev–Trinajstić information content (AvgIpc) is 2.86. The molecule has 3 unspecified atom stereocenters. The van der Waals surface area contributed by atoms with Gasteiger partial charge >= 0.3 is 6.09 Å². The number of benzene rings is 1. The first kappa shape index (κ1) is 18.7. The molecular weight excluding hydrogens is 307 g/mol. The molecule has 2 N–H and O–H groups in total. The van der Waals surface area contributed by atoms with Crippen molar-refractivity contribution in [2.45, 2.75) is 77.1 Å². The van der Waals surface area contributed by atoms with Gasteiger partial charge in [-0.15, -0.1) is 0 Å². The molecule has 1 aliphatic rings. The van der Waals surface area contributed by atoms with Gasteiger partial charge in [0.15, 0.2) is 0 Å². The fourth-order valence-corrected chi connectivity index (χ4v) is 3.17. The van der Waals surface area contributed by atoms with Gasteiger partial charge in [0.1, 0.15) is 11.4 Å². The van der Waals surface area contributed by atoms with Crippen molar-refractivity contribution in [3.05, 3.63) is 35.6 Å². The minimum absolute atomic E-state index is 0.162. The molecule has 0 aliphatic heterocycles. The summed E-state index contributed by atoms with van der Waals surface area (Å²) in [5.74, 6) is -0.203. The number of nitrogens with one attached hydrogen (secondary N) is 2. The van der Waals surface area contributed by atoms with Crippen LogP contribution in [-0.2, 0) is 11.2 Å². The number of ether oxygens (including phenoxy) is 1. The van der Waals surface area contributed by atoms with Crippen LogP contribution in [0.5, 0.6) is 0 Å². The van der Waals surface area contributed by atoms with Crippen molar-refractivity contribution in [1.82, 2.24) is 10.6 Å². The number of carbonyl (C=O) groups is 1. The Morgan fingerprint density at radius 2 is 1.88 bits per heavy atom. The number of halogens is 1. The van der Waals surface area contributed by atoms with Crippen LogP contribution in [0.4, 0.5) is 9.18 Å². The Balaban J connectivity index is 1.73. The molecular formula is C19H29FN2O2. The highest BCUT2D eigenvalue weighted by Crippen LogP contribution is 2.21. The number of carbonyl (C=O) groups excluding carboxylic acids is 1. The number of alkyl carbamates (subject to hydrolysis) is 1. The van der Waals surface area contributed by atoms with Gasteiger partial charge in [0.05, 0.1) is 0 Å². The van der Waals surface area contributed by atoms with E-state index >= 15 is 0 Å². The van der Waals surface area contributed by atoms with Crippen LogP contribution >= 0.6 is 0 Å². The topological polar surface area (TPSA) is 50.4 Å². The lowest BCUT2D eigenvalue weighted by Crippen LogP contribution is -2.40. The van der Waals surface area contributed by atoms with Crippen LogP contribution in [0.3, 0.4) is 0 Å². The Kier molecular flexibility index (Phi) is 6.21. The molecule has 24 heavy (non-hydrogen) atoms. The molecule has 0 radical (unpaired) electrons. The molecule has 2 rings (SSSR count). The predicted octanol–water partition coefficient (Wildman–Crippen LogP) is 3.79. The quantitative estimate of drug-likeness (QED) is 0.860. The molecule has 5 heteroatoms. The van der Waals surface area contributed by atoms with Crippen molar-refractivity contribution in [2.75, 3.05) is 0 Å². The average molecular weight is 336 g/mol. The Labute approximate surface area is 144 Å². The zero-order valence-electron chi connectivity index (χ0n) is 15.1. The summed E-state index contributed by atoms with van der Waals surface area (Å²) in [4.78, 5) is 11.8. The van der Waals surface area contributed by atoms with Gasteiger partial charge in [0, 0.05) is 18.1 Å². The zero-order chi connectivity index (χ0) is 17.7. The molecule has 1 amide bonds. The van der Waals surface area contributed by atoms with Gasteiger partial charge in [-0.2, -0.15) is 0 Å². The highest BCUT2D eigenvalue weighted by atomic mass is 19.1. The second-order valence-corrected chi connectivity index (χ2v) is 7.75. The zero-order valence-corrected chi connectivity index (χ0v) is 15.1. The van der Waals surface area contributed by atoms with E-state index in [0.29, 0.717) is 12.1 Å². The van der Waals surface area contributed by atoms with Crippen LogP contribution in [0, 0.1) is 5.82 Å². The number of hydrogen-bond donors (Lipinski definition) is 2. The first-order chi connectivity index (χ1) is 11.2. The number of rotatable bonds is 5. The fourth-order valence-electron chi connectivity index (χ4n) is 3.17. The highest BCUT2D eigenvalue weighted by Gasteiger charge is 2.28. The first-order valence-corrected chi connectivity index (χ1v) is 8.71. The number of hydrogen-bond acceptors (Lipinski definition) is 3. The first-order valence-electron chi connectivity index (χ1n) is 8.71. The maximum atomic E-state index is 12.9. The summed E-state index contributed by atoms with van der Waals surface area (Å²) < 4.78 is 18.2. The largest absolute Gasteiger partial charge is 0.444 e. The third kappa shape index (κ3) is 6.48. The van der Waals surface area contributed by atoms with Crippen molar-refractivity contribution in [3.8, 4) is 0 Å². The fraction of sp³-hybridized carbons (Fsp3) is 0.632. The number of amides is 1. The molecule has 0 saturated heterocycles. The van der Waals surface area contributed by atoms with Crippen molar-refractivity contribution in [3.63, 3.8) is 0 Å². The lowest BCUT2D eigenvalue weighted by molar-refractivity contribution is 0.0505. The van der Waals surface area contributed by atoms with E-state index in [2.05, 4.69) is 17.6 Å². The molecule has 3 atom stereocenters. The molecule has 1 saturated carbocycles. The van der Waals surface area contributed by atoms with E-state index in [4.69, 9.17) is 4.74 Å². The summed E-state index contributed by atoms with van der Waals surface area (Å²) >= 11 is 0. The van der Waals surface area contributed by atoms with Crippen LogP contribution in [0.2, 0.25) is 0 Å². The summed E-state index contributed by atoms with van der Waals surface area (Å²) in [7, 11) is 0. The van der Waals surface area contributed by atoms with Crippen LogP contribution in [-0.4, -0.2) is 29.8 Å². The van der Waals surface area contributed by atoms with E-state index < -0.39 is 5.60 Å². The van der Waals surface area contributed by atoms with Gasteiger partial charge in [0.2, 0.25) is 0 Å². The molecule has 4 nitrogen and oxygen atoms in total. The summed E-state index contributed by atoms with van der Waals surface area (Å²) in [6, 6.07) is 7.51. The summed E-state index contributed by atoms with van der Waals surface area (Å²) in [5.41, 5.74) is 0.655. The molecule has 1 aliphatic carbocycles. The van der Waals surface area contributed by atoms with E-state index in [0.717, 1.165) is 31.2 Å². The predicted molar refractivity (Wildman–Crippen MR) is 93.5 cm³/mol. The van der Waals surface area contributed by atoms with Crippen molar-refractivity contribution >= 4 is 6.09 Å². The summed E-state index contributed by atoms with van der Waals surface area (Å²) in [5, 5.41) is 6.56. The maximum Gasteiger partial charge on any atom is 0.407 e. The standard InChI is InChI=1S/C19H29FN2O2/c1-13(11-14-5-7-15(20)8-6-14)21-16-9-10-17(12-16)22-18(23)24-19(2,3)4/h5-8,13,16-17,21H,9-12H2,1-4H3,(H,22,23). The lowest BCUT2D eigenvalue weighted by Gasteiger charge is -2.22. The van der Waals surface area contributed by atoms with Gasteiger partial charge in [-0.3, -0.25) is 0 Å². The molecule has 134 valence electrons. The smallest absolute Gasteiger partial charge is 0.407 e. The van der Waals surface area contributed by atoms with Crippen LogP contribution < -0.4 is 10.6 Å². The van der Waals surface area contributed by atoms with E-state index in [1.54, 1.807) is 0 Å². The molecule has 0 bridgehead atoms. The molecule has 1 aromatic rings. The van der Waals surface area contributed by atoms with Crippen LogP contribution in [0.25, 0.3) is 0 Å². The Morgan fingerprint density at radius 3 is 2.50 bits per heavy atom. The Morgan fingerprint density at radius 1 is 1.25 bits per heavy atom. The van der Waals surface area contributed by atoms with Gasteiger partial charge < -0.3 is 15.4 Å². The second kappa shape index (κ2) is 7.97. The normalized spacial score (nSPS) is 22.2. The van der Waals surface area contributed by atoms with Crippen molar-refractivity contribution < 1.29 is 13.9 Å².